The van der Waals surface area contributed by atoms with E-state index in [9.17, 15) is 15.3 Å². The molecule has 1 N–H and O–H groups in total. The number of nitrogens with zero attached hydrogens (tertiary/aromatic N) is 2. The number of carbonyl (C=O) groups excluding carboxylic acids is 1. The minimum Gasteiger partial charge on any atom is -0.493 e. The van der Waals surface area contributed by atoms with Gasteiger partial charge in [-0.3, -0.25) is 4.79 Å². The number of thiophene rings is 1. The van der Waals surface area contributed by atoms with E-state index in [2.05, 4.69) is 27.3 Å². The normalized spacial score (nSPS) is 13.0. The van der Waals surface area contributed by atoms with Gasteiger partial charge in [0.15, 0.2) is 11.5 Å². The maximum absolute atomic E-state index is 12.8. The molecule has 1 aromatic heterocycles. The summed E-state index contributed by atoms with van der Waals surface area (Å²) in [4.78, 5) is 13.9. The van der Waals surface area contributed by atoms with Crippen LogP contribution in [0.5, 0.6) is 11.5 Å². The highest BCUT2D eigenvalue weighted by molar-refractivity contribution is 9.10. The largest absolute Gasteiger partial charge is 0.493 e. The van der Waals surface area contributed by atoms with Crippen molar-refractivity contribution in [1.82, 2.24) is 0 Å². The highest BCUT2D eigenvalue weighted by Crippen LogP contribution is 2.39. The van der Waals surface area contributed by atoms with Gasteiger partial charge >= 0.3 is 0 Å². The quantitative estimate of drug-likeness (QED) is 0.447. The zero-order chi connectivity index (χ0) is 21.7. The topological polar surface area (TPSA) is 95.1 Å². The molecule has 0 unspecified atom stereocenters. The standard InChI is InChI=1S/C22H20BrN3O3S/c1-3-29-20-17(23)9-13(10-18(20)28-2)8-14(11-24)21(27)26-22-16(12-25)15-6-4-5-7-19(15)30-22/h8-10H,3-7H2,1-2H3,(H,26,27)/b14-8+. The summed E-state index contributed by atoms with van der Waals surface area (Å²) >= 11 is 4.87. The fourth-order valence-electron chi connectivity index (χ4n) is 3.37. The van der Waals surface area contributed by atoms with Crippen molar-refractivity contribution >= 4 is 44.3 Å². The molecular formula is C22H20BrN3O3S. The molecule has 0 spiro atoms. The van der Waals surface area contributed by atoms with E-state index >= 15 is 0 Å². The van der Waals surface area contributed by atoms with Crippen LogP contribution in [0.2, 0.25) is 0 Å². The number of ether oxygens (including phenoxy) is 2. The molecule has 1 aromatic carbocycles. The first kappa shape index (κ1) is 21.9. The number of nitriles is 2. The number of methoxy groups -OCH3 is 1. The van der Waals surface area contributed by atoms with Gasteiger partial charge in [0.2, 0.25) is 0 Å². The van der Waals surface area contributed by atoms with Crippen LogP contribution in [0.1, 0.15) is 41.3 Å². The Morgan fingerprint density at radius 2 is 2.10 bits per heavy atom. The van der Waals surface area contributed by atoms with E-state index in [1.807, 2.05) is 13.0 Å². The van der Waals surface area contributed by atoms with Crippen molar-refractivity contribution in [3.05, 3.63) is 43.7 Å². The number of nitrogens with one attached hydrogen (secondary N) is 1. The summed E-state index contributed by atoms with van der Waals surface area (Å²) in [7, 11) is 1.53. The smallest absolute Gasteiger partial charge is 0.266 e. The molecule has 0 radical (unpaired) electrons. The molecule has 0 aliphatic heterocycles. The van der Waals surface area contributed by atoms with Crippen molar-refractivity contribution in [2.75, 3.05) is 19.0 Å². The molecule has 1 amide bonds. The number of anilines is 1. The lowest BCUT2D eigenvalue weighted by Crippen LogP contribution is -2.13. The minimum absolute atomic E-state index is 0.0663. The number of hydrogen-bond donors (Lipinski definition) is 1. The zero-order valence-corrected chi connectivity index (χ0v) is 19.1. The lowest BCUT2D eigenvalue weighted by molar-refractivity contribution is -0.112. The highest BCUT2D eigenvalue weighted by atomic mass is 79.9. The Labute approximate surface area is 187 Å². The van der Waals surface area contributed by atoms with Crippen LogP contribution in [0.25, 0.3) is 6.08 Å². The first-order valence-corrected chi connectivity index (χ1v) is 11.1. The van der Waals surface area contributed by atoms with Gasteiger partial charge in [-0.15, -0.1) is 11.3 Å². The summed E-state index contributed by atoms with van der Waals surface area (Å²) in [5.74, 6) is 0.507. The first-order chi connectivity index (χ1) is 14.5. The van der Waals surface area contributed by atoms with Gasteiger partial charge in [0.05, 0.1) is 23.8 Å². The number of hydrogen-bond acceptors (Lipinski definition) is 6. The van der Waals surface area contributed by atoms with Crippen LogP contribution in [0, 0.1) is 22.7 Å². The Balaban J connectivity index is 1.90. The summed E-state index contributed by atoms with van der Waals surface area (Å²) in [6, 6.07) is 7.62. The molecule has 0 atom stereocenters. The van der Waals surface area contributed by atoms with Gasteiger partial charge in [0.25, 0.3) is 5.91 Å². The second-order valence-electron chi connectivity index (χ2n) is 6.62. The fraction of sp³-hybridized carbons (Fsp3) is 0.318. The van der Waals surface area contributed by atoms with Crippen LogP contribution in [-0.2, 0) is 17.6 Å². The molecule has 2 aromatic rings. The second-order valence-corrected chi connectivity index (χ2v) is 8.58. The van der Waals surface area contributed by atoms with E-state index in [1.54, 1.807) is 12.1 Å². The Kier molecular flexibility index (Phi) is 7.15. The molecule has 8 heteroatoms. The Morgan fingerprint density at radius 1 is 1.33 bits per heavy atom. The lowest BCUT2D eigenvalue weighted by atomic mass is 9.96. The minimum atomic E-state index is -0.545. The van der Waals surface area contributed by atoms with Crippen molar-refractivity contribution in [2.45, 2.75) is 32.6 Å². The van der Waals surface area contributed by atoms with Gasteiger partial charge in [0, 0.05) is 4.88 Å². The summed E-state index contributed by atoms with van der Waals surface area (Å²) in [5.41, 5.74) is 2.10. The molecular weight excluding hydrogens is 466 g/mol. The van der Waals surface area contributed by atoms with E-state index in [1.165, 1.54) is 24.5 Å². The number of halogens is 1. The molecule has 3 rings (SSSR count). The van der Waals surface area contributed by atoms with Gasteiger partial charge in [-0.2, -0.15) is 10.5 Å². The highest BCUT2D eigenvalue weighted by Gasteiger charge is 2.23. The number of fused-ring (bicyclic) bond motifs is 1. The average molecular weight is 486 g/mol. The molecule has 0 saturated heterocycles. The van der Waals surface area contributed by atoms with Gasteiger partial charge in [-0.1, -0.05) is 0 Å². The van der Waals surface area contributed by atoms with Gasteiger partial charge in [0.1, 0.15) is 22.7 Å². The fourth-order valence-corrected chi connectivity index (χ4v) is 5.17. The Bertz CT molecular complexity index is 1090. The third-order valence-electron chi connectivity index (χ3n) is 4.73. The monoisotopic (exact) mass is 485 g/mol. The number of rotatable bonds is 6. The van der Waals surface area contributed by atoms with E-state index < -0.39 is 5.91 Å². The van der Waals surface area contributed by atoms with E-state index in [-0.39, 0.29) is 5.57 Å². The number of carbonyl (C=O) groups is 1. The molecule has 1 aliphatic rings. The Morgan fingerprint density at radius 3 is 2.77 bits per heavy atom. The zero-order valence-electron chi connectivity index (χ0n) is 16.7. The van der Waals surface area contributed by atoms with Crippen LogP contribution in [0.15, 0.2) is 22.2 Å². The molecule has 30 heavy (non-hydrogen) atoms. The summed E-state index contributed by atoms with van der Waals surface area (Å²) < 4.78 is 11.6. The molecule has 154 valence electrons. The van der Waals surface area contributed by atoms with Crippen LogP contribution >= 0.6 is 27.3 Å². The SMILES string of the molecule is CCOc1c(Br)cc(/C=C(\C#N)C(=O)Nc2sc3c(c2C#N)CCCC3)cc1OC. The summed E-state index contributed by atoms with van der Waals surface area (Å²) in [6.45, 7) is 2.34. The van der Waals surface area contributed by atoms with Crippen molar-refractivity contribution in [3.8, 4) is 23.6 Å². The number of aryl methyl sites for hydroxylation is 1. The second kappa shape index (κ2) is 9.80. The van der Waals surface area contributed by atoms with E-state index in [0.29, 0.717) is 38.7 Å². The average Bonchev–Trinajstić information content (AvgIpc) is 3.10. The van der Waals surface area contributed by atoms with Crippen molar-refractivity contribution in [1.29, 1.82) is 10.5 Å². The molecule has 1 heterocycles. The summed E-state index contributed by atoms with van der Waals surface area (Å²) in [5, 5.41) is 22.4. The molecule has 0 saturated carbocycles. The van der Waals surface area contributed by atoms with Crippen molar-refractivity contribution in [3.63, 3.8) is 0 Å². The van der Waals surface area contributed by atoms with Crippen molar-refractivity contribution < 1.29 is 14.3 Å². The lowest BCUT2D eigenvalue weighted by Gasteiger charge is -2.12. The van der Waals surface area contributed by atoms with Crippen molar-refractivity contribution in [2.24, 2.45) is 0 Å². The van der Waals surface area contributed by atoms with Crippen LogP contribution in [-0.4, -0.2) is 19.6 Å². The number of benzene rings is 1. The van der Waals surface area contributed by atoms with Gasteiger partial charge < -0.3 is 14.8 Å². The maximum Gasteiger partial charge on any atom is 0.266 e. The predicted molar refractivity (Wildman–Crippen MR) is 120 cm³/mol. The van der Waals surface area contributed by atoms with Crippen LogP contribution in [0.3, 0.4) is 0 Å². The molecule has 0 fully saturated rings. The Hall–Kier alpha value is -2.81. The first-order valence-electron chi connectivity index (χ1n) is 9.50. The maximum atomic E-state index is 12.8. The van der Waals surface area contributed by atoms with Crippen LogP contribution in [0.4, 0.5) is 5.00 Å². The van der Waals surface area contributed by atoms with Gasteiger partial charge in [-0.25, -0.2) is 0 Å². The molecule has 0 bridgehead atoms. The summed E-state index contributed by atoms with van der Waals surface area (Å²) in [6.07, 6.45) is 5.39. The van der Waals surface area contributed by atoms with E-state index in [0.717, 1.165) is 36.1 Å². The molecule has 1 aliphatic carbocycles. The number of amides is 1. The third-order valence-corrected chi connectivity index (χ3v) is 6.52. The predicted octanol–water partition coefficient (Wildman–Crippen LogP) is 5.21. The molecule has 6 nitrogen and oxygen atoms in total. The third kappa shape index (κ3) is 4.51. The van der Waals surface area contributed by atoms with Crippen LogP contribution < -0.4 is 14.8 Å². The van der Waals surface area contributed by atoms with E-state index in [4.69, 9.17) is 9.47 Å². The van der Waals surface area contributed by atoms with Gasteiger partial charge in [-0.05, 0) is 77.9 Å².